The van der Waals surface area contributed by atoms with Crippen LogP contribution in [0.5, 0.6) is 0 Å². The molecule has 0 aliphatic heterocycles. The summed E-state index contributed by atoms with van der Waals surface area (Å²) >= 11 is 0. The van der Waals surface area contributed by atoms with Crippen molar-refractivity contribution in [2.75, 3.05) is 6.54 Å². The molecule has 1 amide bonds. The van der Waals surface area contributed by atoms with E-state index in [-0.39, 0.29) is 11.9 Å². The van der Waals surface area contributed by atoms with Crippen LogP contribution in [0, 0.1) is 0 Å². The van der Waals surface area contributed by atoms with Crippen LogP contribution in [0.25, 0.3) is 10.9 Å². The number of rotatable bonds is 6. The van der Waals surface area contributed by atoms with Gasteiger partial charge in [-0.15, -0.1) is 0 Å². The molecule has 1 aromatic carbocycles. The van der Waals surface area contributed by atoms with Crippen molar-refractivity contribution < 1.29 is 4.79 Å². The molecular formula is C22H25N5O. The summed E-state index contributed by atoms with van der Waals surface area (Å²) in [6.07, 6.45) is 8.49. The maximum absolute atomic E-state index is 13.2. The van der Waals surface area contributed by atoms with Crippen molar-refractivity contribution >= 4 is 16.8 Å². The Labute approximate surface area is 164 Å². The molecule has 28 heavy (non-hydrogen) atoms. The topological polar surface area (TPSA) is 73.9 Å². The van der Waals surface area contributed by atoms with E-state index in [0.717, 1.165) is 41.7 Å². The van der Waals surface area contributed by atoms with Crippen molar-refractivity contribution in [3.05, 3.63) is 72.1 Å². The fourth-order valence-corrected chi connectivity index (χ4v) is 3.82. The van der Waals surface area contributed by atoms with E-state index >= 15 is 0 Å². The lowest BCUT2D eigenvalue weighted by Gasteiger charge is -2.33. The second-order valence-electron chi connectivity index (χ2n) is 7.04. The predicted molar refractivity (Wildman–Crippen MR) is 110 cm³/mol. The molecule has 0 saturated heterocycles. The molecule has 2 heterocycles. The van der Waals surface area contributed by atoms with Crippen LogP contribution in [-0.4, -0.2) is 38.3 Å². The highest BCUT2D eigenvalue weighted by Crippen LogP contribution is 2.24. The minimum Gasteiger partial charge on any atom is -0.381 e. The predicted octanol–water partition coefficient (Wildman–Crippen LogP) is 3.65. The van der Waals surface area contributed by atoms with Crippen molar-refractivity contribution in [1.82, 2.24) is 25.2 Å². The average molecular weight is 375 g/mol. The number of aromatic amines is 1. The minimum absolute atomic E-state index is 0.0661. The number of H-pyrrole nitrogens is 1. The molecule has 144 valence electrons. The van der Waals surface area contributed by atoms with E-state index in [1.54, 1.807) is 12.4 Å². The normalized spacial score (nSPS) is 16.6. The summed E-state index contributed by atoms with van der Waals surface area (Å²) in [7, 11) is 0. The van der Waals surface area contributed by atoms with Gasteiger partial charge < -0.3 is 15.2 Å². The van der Waals surface area contributed by atoms with Gasteiger partial charge in [0.2, 0.25) is 0 Å². The summed E-state index contributed by atoms with van der Waals surface area (Å²) in [5, 5.41) is 4.50. The number of hydrogen-bond acceptors (Lipinski definition) is 4. The Kier molecular flexibility index (Phi) is 5.37. The molecule has 3 aromatic rings. The highest BCUT2D eigenvalue weighted by atomic mass is 16.2. The average Bonchev–Trinajstić information content (AvgIpc) is 3.18. The third-order valence-electron chi connectivity index (χ3n) is 5.24. The van der Waals surface area contributed by atoms with E-state index in [2.05, 4.69) is 26.3 Å². The number of nitrogens with zero attached hydrogens (tertiary/aromatic N) is 3. The summed E-state index contributed by atoms with van der Waals surface area (Å²) in [5.74, 6) is 0.836. The lowest BCUT2D eigenvalue weighted by molar-refractivity contribution is 0.0669. The molecule has 1 unspecified atom stereocenters. The van der Waals surface area contributed by atoms with Crippen LogP contribution >= 0.6 is 0 Å². The number of carbonyl (C=O) groups is 1. The Morgan fingerprint density at radius 2 is 2.07 bits per heavy atom. The van der Waals surface area contributed by atoms with E-state index in [4.69, 9.17) is 0 Å². The Morgan fingerprint density at radius 3 is 2.86 bits per heavy atom. The van der Waals surface area contributed by atoms with Crippen LogP contribution in [0.15, 0.2) is 60.6 Å². The van der Waals surface area contributed by atoms with Gasteiger partial charge in [0.1, 0.15) is 11.5 Å². The maximum atomic E-state index is 13.2. The monoisotopic (exact) mass is 375 g/mol. The van der Waals surface area contributed by atoms with Crippen LogP contribution in [-0.2, 0) is 6.54 Å². The van der Waals surface area contributed by atoms with Gasteiger partial charge in [0, 0.05) is 48.0 Å². The van der Waals surface area contributed by atoms with Crippen LogP contribution in [0.1, 0.15) is 42.5 Å². The quantitative estimate of drug-likeness (QED) is 0.690. The van der Waals surface area contributed by atoms with E-state index in [9.17, 15) is 4.79 Å². The van der Waals surface area contributed by atoms with Crippen molar-refractivity contribution in [3.63, 3.8) is 0 Å². The van der Waals surface area contributed by atoms with Gasteiger partial charge in [-0.3, -0.25) is 4.79 Å². The van der Waals surface area contributed by atoms with Gasteiger partial charge in [0.15, 0.2) is 0 Å². The molecule has 0 radical (unpaired) electrons. The molecule has 2 aromatic heterocycles. The first-order chi connectivity index (χ1) is 13.7. The lowest BCUT2D eigenvalue weighted by atomic mass is 9.97. The van der Waals surface area contributed by atoms with Gasteiger partial charge in [0.05, 0.1) is 6.54 Å². The Hall–Kier alpha value is -3.15. The summed E-state index contributed by atoms with van der Waals surface area (Å²) in [4.78, 5) is 26.9. The number of aromatic nitrogens is 3. The van der Waals surface area contributed by atoms with Gasteiger partial charge in [-0.2, -0.15) is 0 Å². The number of hydrogen-bond donors (Lipinski definition) is 2. The molecular weight excluding hydrogens is 350 g/mol. The largest absolute Gasteiger partial charge is 0.381 e. The number of carbonyl (C=O) groups excluding carboxylic acids is 1. The third-order valence-corrected chi connectivity index (χ3v) is 5.24. The summed E-state index contributed by atoms with van der Waals surface area (Å²) in [5.41, 5.74) is 2.81. The molecule has 0 fully saturated rings. The number of fused-ring (bicyclic) bond motifs is 1. The maximum Gasteiger partial charge on any atom is 0.270 e. The van der Waals surface area contributed by atoms with Gasteiger partial charge in [-0.05, 0) is 38.0 Å². The first kappa shape index (κ1) is 18.2. The number of benzene rings is 1. The van der Waals surface area contributed by atoms with Gasteiger partial charge >= 0.3 is 0 Å². The van der Waals surface area contributed by atoms with Crippen LogP contribution < -0.4 is 5.32 Å². The van der Waals surface area contributed by atoms with Gasteiger partial charge in [0.25, 0.3) is 5.91 Å². The molecule has 2 N–H and O–H groups in total. The number of amides is 1. The summed E-state index contributed by atoms with van der Waals surface area (Å²) in [6, 6.07) is 11.9. The van der Waals surface area contributed by atoms with Crippen molar-refractivity contribution in [2.45, 2.75) is 38.8 Å². The second-order valence-corrected chi connectivity index (χ2v) is 7.04. The zero-order valence-corrected chi connectivity index (χ0v) is 16.1. The SMILES string of the molecule is CCN(C(=O)c1cc2ccccc2[nH]1)C1CCC=C(NCc2ncccn2)C1. The van der Waals surface area contributed by atoms with E-state index in [1.807, 2.05) is 48.2 Å². The molecule has 0 saturated carbocycles. The summed E-state index contributed by atoms with van der Waals surface area (Å²) < 4.78 is 0. The smallest absolute Gasteiger partial charge is 0.270 e. The van der Waals surface area contributed by atoms with Crippen LogP contribution in [0.3, 0.4) is 0 Å². The van der Waals surface area contributed by atoms with Crippen LogP contribution in [0.2, 0.25) is 0 Å². The second kappa shape index (κ2) is 8.25. The van der Waals surface area contributed by atoms with Crippen molar-refractivity contribution in [1.29, 1.82) is 0 Å². The molecule has 1 atom stereocenters. The highest BCUT2D eigenvalue weighted by Gasteiger charge is 2.27. The summed E-state index contributed by atoms with van der Waals surface area (Å²) in [6.45, 7) is 3.33. The van der Waals surface area contributed by atoms with Gasteiger partial charge in [-0.1, -0.05) is 24.3 Å². The van der Waals surface area contributed by atoms with Crippen molar-refractivity contribution in [3.8, 4) is 0 Å². The Bertz CT molecular complexity index is 946. The van der Waals surface area contributed by atoms with Crippen LogP contribution in [0.4, 0.5) is 0 Å². The first-order valence-electron chi connectivity index (χ1n) is 9.82. The number of allylic oxidation sites excluding steroid dienone is 1. The van der Waals surface area contributed by atoms with E-state index in [1.165, 1.54) is 0 Å². The van der Waals surface area contributed by atoms with E-state index in [0.29, 0.717) is 18.8 Å². The molecule has 6 nitrogen and oxygen atoms in total. The molecule has 1 aliphatic carbocycles. The van der Waals surface area contributed by atoms with Crippen molar-refractivity contribution in [2.24, 2.45) is 0 Å². The fourth-order valence-electron chi connectivity index (χ4n) is 3.82. The zero-order valence-electron chi connectivity index (χ0n) is 16.1. The molecule has 1 aliphatic rings. The highest BCUT2D eigenvalue weighted by molar-refractivity contribution is 5.98. The minimum atomic E-state index is 0.0661. The molecule has 0 bridgehead atoms. The zero-order chi connectivity index (χ0) is 19.3. The first-order valence-corrected chi connectivity index (χ1v) is 9.82. The lowest BCUT2D eigenvalue weighted by Crippen LogP contribution is -2.42. The number of nitrogens with one attached hydrogen (secondary N) is 2. The molecule has 6 heteroatoms. The Balaban J connectivity index is 1.44. The standard InChI is InChI=1S/C22H25N5O/c1-2-27(22(28)20-13-16-7-3-4-10-19(16)26-20)18-9-5-8-17(14-18)25-15-21-23-11-6-12-24-21/h3-4,6-8,10-13,18,25-26H,2,5,9,14-15H2,1H3. The number of para-hydroxylation sites is 1. The molecule has 0 spiro atoms. The fraction of sp³-hybridized carbons (Fsp3) is 0.318. The van der Waals surface area contributed by atoms with E-state index < -0.39 is 0 Å². The third kappa shape index (κ3) is 3.91. The Morgan fingerprint density at radius 1 is 1.25 bits per heavy atom. The molecule has 4 rings (SSSR count). The van der Waals surface area contributed by atoms with Gasteiger partial charge in [-0.25, -0.2) is 9.97 Å².